The third kappa shape index (κ3) is 3.55. The van der Waals surface area contributed by atoms with E-state index >= 15 is 0 Å². The normalized spacial score (nSPS) is 11.0. The number of rotatable bonds is 4. The molecule has 0 spiro atoms. The Balaban J connectivity index is 1.61. The number of fused-ring (bicyclic) bond motifs is 1. The van der Waals surface area contributed by atoms with E-state index in [1.165, 1.54) is 6.08 Å². The summed E-state index contributed by atoms with van der Waals surface area (Å²) in [6.07, 6.45) is 3.28. The highest BCUT2D eigenvalue weighted by atomic mass is 32.1. The molecular formula is C17H14N2OS. The van der Waals surface area contributed by atoms with E-state index in [9.17, 15) is 4.79 Å². The lowest BCUT2D eigenvalue weighted by Crippen LogP contribution is -2.20. The molecule has 0 aliphatic carbocycles. The lowest BCUT2D eigenvalue weighted by atomic mass is 10.2. The molecule has 0 saturated heterocycles. The van der Waals surface area contributed by atoms with Crippen molar-refractivity contribution in [2.45, 2.75) is 6.54 Å². The molecule has 0 unspecified atom stereocenters. The molecule has 0 aliphatic rings. The number of para-hydroxylation sites is 1. The summed E-state index contributed by atoms with van der Waals surface area (Å²) >= 11 is 1.58. The van der Waals surface area contributed by atoms with Gasteiger partial charge in [-0.25, -0.2) is 4.98 Å². The first-order valence-electron chi connectivity index (χ1n) is 6.67. The fraction of sp³-hybridized carbons (Fsp3) is 0.0588. The molecule has 3 aromatic rings. The van der Waals surface area contributed by atoms with Crippen LogP contribution in [0.3, 0.4) is 0 Å². The van der Waals surface area contributed by atoms with Gasteiger partial charge in [-0.15, -0.1) is 11.3 Å². The standard InChI is InChI=1S/C17H14N2OS/c20-16(18-12-13-6-2-1-3-7-13)10-11-17-19-14-8-4-5-9-15(14)21-17/h1-11H,12H2,(H,18,20)/b11-10+. The van der Waals surface area contributed by atoms with Crippen molar-refractivity contribution < 1.29 is 4.79 Å². The van der Waals surface area contributed by atoms with Crippen molar-refractivity contribution in [2.24, 2.45) is 0 Å². The van der Waals surface area contributed by atoms with E-state index in [4.69, 9.17) is 0 Å². The molecule has 2 aromatic carbocycles. The number of aromatic nitrogens is 1. The Labute approximate surface area is 127 Å². The van der Waals surface area contributed by atoms with E-state index in [0.29, 0.717) is 6.54 Å². The fourth-order valence-electron chi connectivity index (χ4n) is 1.95. The van der Waals surface area contributed by atoms with Crippen LogP contribution in [0.15, 0.2) is 60.7 Å². The maximum absolute atomic E-state index is 11.8. The number of benzene rings is 2. The molecule has 3 nitrogen and oxygen atoms in total. The minimum atomic E-state index is -0.113. The maximum Gasteiger partial charge on any atom is 0.244 e. The Hall–Kier alpha value is -2.46. The first-order valence-corrected chi connectivity index (χ1v) is 7.48. The molecule has 21 heavy (non-hydrogen) atoms. The molecule has 1 heterocycles. The average Bonchev–Trinajstić information content (AvgIpc) is 2.95. The second-order valence-corrected chi connectivity index (χ2v) is 5.62. The summed E-state index contributed by atoms with van der Waals surface area (Å²) in [7, 11) is 0. The van der Waals surface area contributed by atoms with Crippen molar-refractivity contribution in [2.75, 3.05) is 0 Å². The van der Waals surface area contributed by atoms with Crippen molar-refractivity contribution in [3.05, 3.63) is 71.2 Å². The van der Waals surface area contributed by atoms with E-state index < -0.39 is 0 Å². The third-order valence-corrected chi connectivity index (χ3v) is 4.00. The van der Waals surface area contributed by atoms with Gasteiger partial charge in [0, 0.05) is 12.6 Å². The van der Waals surface area contributed by atoms with Crippen LogP contribution in [0.4, 0.5) is 0 Å². The molecule has 0 fully saturated rings. The largest absolute Gasteiger partial charge is 0.348 e. The van der Waals surface area contributed by atoms with E-state index in [1.54, 1.807) is 17.4 Å². The quantitative estimate of drug-likeness (QED) is 0.747. The summed E-state index contributed by atoms with van der Waals surface area (Å²) in [5.41, 5.74) is 2.05. The zero-order valence-corrected chi connectivity index (χ0v) is 12.1. The number of nitrogens with zero attached hydrogens (tertiary/aromatic N) is 1. The highest BCUT2D eigenvalue weighted by molar-refractivity contribution is 7.19. The summed E-state index contributed by atoms with van der Waals surface area (Å²) < 4.78 is 1.13. The topological polar surface area (TPSA) is 42.0 Å². The molecule has 1 amide bonds. The number of amides is 1. The molecule has 104 valence electrons. The van der Waals surface area contributed by atoms with Crippen LogP contribution in [0.25, 0.3) is 16.3 Å². The minimum Gasteiger partial charge on any atom is -0.348 e. The van der Waals surface area contributed by atoms with Crippen LogP contribution in [-0.2, 0) is 11.3 Å². The molecule has 0 radical (unpaired) electrons. The summed E-state index contributed by atoms with van der Waals surface area (Å²) in [6, 6.07) is 17.8. The maximum atomic E-state index is 11.8. The number of hydrogen-bond donors (Lipinski definition) is 1. The summed E-state index contributed by atoms with van der Waals surface area (Å²) in [5, 5.41) is 3.69. The van der Waals surface area contributed by atoms with Crippen LogP contribution in [0.2, 0.25) is 0 Å². The van der Waals surface area contributed by atoms with Crippen molar-refractivity contribution in [1.29, 1.82) is 0 Å². The van der Waals surface area contributed by atoms with Crippen molar-refractivity contribution >= 4 is 33.5 Å². The number of thiazole rings is 1. The lowest BCUT2D eigenvalue weighted by molar-refractivity contribution is -0.116. The highest BCUT2D eigenvalue weighted by Gasteiger charge is 2.01. The Morgan fingerprint density at radius 2 is 1.86 bits per heavy atom. The fourth-order valence-corrected chi connectivity index (χ4v) is 2.82. The van der Waals surface area contributed by atoms with Crippen LogP contribution in [0, 0.1) is 0 Å². The first kappa shape index (κ1) is 13.5. The smallest absolute Gasteiger partial charge is 0.244 e. The molecular weight excluding hydrogens is 280 g/mol. The number of carbonyl (C=O) groups excluding carboxylic acids is 1. The third-order valence-electron chi connectivity index (χ3n) is 3.00. The molecule has 1 aromatic heterocycles. The molecule has 3 rings (SSSR count). The van der Waals surface area contributed by atoms with E-state index in [1.807, 2.05) is 54.6 Å². The summed E-state index contributed by atoms with van der Waals surface area (Å²) in [5.74, 6) is -0.113. The van der Waals surface area contributed by atoms with E-state index in [-0.39, 0.29) is 5.91 Å². The first-order chi connectivity index (χ1) is 10.3. The lowest BCUT2D eigenvalue weighted by Gasteiger charge is -2.01. The van der Waals surface area contributed by atoms with Gasteiger partial charge in [0.25, 0.3) is 0 Å². The Morgan fingerprint density at radius 3 is 2.67 bits per heavy atom. The molecule has 4 heteroatoms. The highest BCUT2D eigenvalue weighted by Crippen LogP contribution is 2.22. The van der Waals surface area contributed by atoms with Crippen LogP contribution >= 0.6 is 11.3 Å². The van der Waals surface area contributed by atoms with Gasteiger partial charge in [-0.05, 0) is 23.8 Å². The van der Waals surface area contributed by atoms with Crippen LogP contribution in [0.1, 0.15) is 10.6 Å². The summed E-state index contributed by atoms with van der Waals surface area (Å²) in [4.78, 5) is 16.2. The van der Waals surface area contributed by atoms with Crippen LogP contribution in [0.5, 0.6) is 0 Å². The molecule has 1 N–H and O–H groups in total. The summed E-state index contributed by atoms with van der Waals surface area (Å²) in [6.45, 7) is 0.532. The average molecular weight is 294 g/mol. The SMILES string of the molecule is O=C(/C=C/c1nc2ccccc2s1)NCc1ccccc1. The van der Waals surface area contributed by atoms with E-state index in [2.05, 4.69) is 10.3 Å². The van der Waals surface area contributed by atoms with E-state index in [0.717, 1.165) is 20.8 Å². The second kappa shape index (κ2) is 6.33. The number of carbonyl (C=O) groups is 1. The monoisotopic (exact) mass is 294 g/mol. The van der Waals surface area contributed by atoms with Gasteiger partial charge in [-0.3, -0.25) is 4.79 Å². The Bertz CT molecular complexity index is 745. The molecule has 0 saturated carbocycles. The number of hydrogen-bond acceptors (Lipinski definition) is 3. The van der Waals surface area contributed by atoms with Gasteiger partial charge in [-0.1, -0.05) is 42.5 Å². The predicted octanol–water partition coefficient (Wildman–Crippen LogP) is 3.63. The van der Waals surface area contributed by atoms with Gasteiger partial charge in [0.1, 0.15) is 5.01 Å². The van der Waals surface area contributed by atoms with Crippen LogP contribution < -0.4 is 5.32 Å². The Morgan fingerprint density at radius 1 is 1.10 bits per heavy atom. The van der Waals surface area contributed by atoms with Gasteiger partial charge in [0.05, 0.1) is 10.2 Å². The zero-order chi connectivity index (χ0) is 14.5. The van der Waals surface area contributed by atoms with Crippen molar-refractivity contribution in [1.82, 2.24) is 10.3 Å². The van der Waals surface area contributed by atoms with Crippen molar-refractivity contribution in [3.8, 4) is 0 Å². The van der Waals surface area contributed by atoms with Gasteiger partial charge in [0.2, 0.25) is 5.91 Å². The van der Waals surface area contributed by atoms with Gasteiger partial charge < -0.3 is 5.32 Å². The van der Waals surface area contributed by atoms with Gasteiger partial charge in [-0.2, -0.15) is 0 Å². The van der Waals surface area contributed by atoms with Crippen LogP contribution in [-0.4, -0.2) is 10.9 Å². The minimum absolute atomic E-state index is 0.113. The molecule has 0 bridgehead atoms. The second-order valence-electron chi connectivity index (χ2n) is 4.56. The van der Waals surface area contributed by atoms with Crippen molar-refractivity contribution in [3.63, 3.8) is 0 Å². The molecule has 0 atom stereocenters. The number of nitrogens with one attached hydrogen (secondary N) is 1. The zero-order valence-electron chi connectivity index (χ0n) is 11.3. The van der Waals surface area contributed by atoms with Gasteiger partial charge >= 0.3 is 0 Å². The van der Waals surface area contributed by atoms with Gasteiger partial charge in [0.15, 0.2) is 0 Å². The molecule has 0 aliphatic heterocycles. The predicted molar refractivity (Wildman–Crippen MR) is 86.9 cm³/mol. The Kier molecular flexibility index (Phi) is 4.07.